The van der Waals surface area contributed by atoms with Crippen molar-refractivity contribution in [2.45, 2.75) is 51.6 Å². The normalized spacial score (nSPS) is 19.6. The number of amides is 2. The van der Waals surface area contributed by atoms with Crippen molar-refractivity contribution in [2.24, 2.45) is 0 Å². The quantitative estimate of drug-likeness (QED) is 0.421. The van der Waals surface area contributed by atoms with Crippen molar-refractivity contribution in [3.05, 3.63) is 66.0 Å². The smallest absolute Gasteiger partial charge is 0.274 e. The van der Waals surface area contributed by atoms with Crippen LogP contribution >= 0.6 is 0 Å². The average Bonchev–Trinajstić information content (AvgIpc) is 3.67. The summed E-state index contributed by atoms with van der Waals surface area (Å²) in [4.78, 5) is 37.3. The molecule has 12 heteroatoms. The molecule has 12 nitrogen and oxygen atoms in total. The van der Waals surface area contributed by atoms with E-state index >= 15 is 0 Å². The zero-order valence-electron chi connectivity index (χ0n) is 21.7. The number of likely N-dealkylation sites (tertiary alicyclic amines) is 1. The maximum absolute atomic E-state index is 13.4. The van der Waals surface area contributed by atoms with Crippen molar-refractivity contribution in [1.29, 1.82) is 0 Å². The van der Waals surface area contributed by atoms with Crippen molar-refractivity contribution in [3.8, 4) is 5.75 Å². The second kappa shape index (κ2) is 10.8. The monoisotopic (exact) mass is 530 g/mol. The number of imidazole rings is 1. The molecule has 2 atom stereocenters. The summed E-state index contributed by atoms with van der Waals surface area (Å²) in [6.07, 6.45) is 4.04. The highest BCUT2D eigenvalue weighted by atomic mass is 16.5. The summed E-state index contributed by atoms with van der Waals surface area (Å²) in [5, 5.41) is 11.3. The predicted octanol–water partition coefficient (Wildman–Crippen LogP) is 1.59. The molecule has 0 spiro atoms. The van der Waals surface area contributed by atoms with E-state index in [1.807, 2.05) is 30.5 Å². The summed E-state index contributed by atoms with van der Waals surface area (Å²) in [7, 11) is 0. The number of carbonyl (C=O) groups is 2. The van der Waals surface area contributed by atoms with Crippen LogP contribution < -0.4 is 10.1 Å². The first kappa shape index (κ1) is 25.0. The number of aromatic nitrogens is 6. The van der Waals surface area contributed by atoms with Crippen LogP contribution in [0.1, 0.15) is 35.4 Å². The Morgan fingerprint density at radius 1 is 1.18 bits per heavy atom. The standard InChI is InChI=1S/C27H30N8O4/c1-2-24-29-19-6-3-4-7-21(19)35(24)11-9-25(36)33-15-20-23(16-33)39-17-18-14-34(32-31-18)12-13-38-22-8-5-10-28-26(22)27(37)30-20/h3-8,10,14,20,23H,2,9,11-13,15-17H2,1H3,(H,30,37)/t20-,23-/m0/s1. The van der Waals surface area contributed by atoms with Crippen LogP contribution in [0.15, 0.2) is 48.8 Å². The van der Waals surface area contributed by atoms with Gasteiger partial charge >= 0.3 is 0 Å². The fraction of sp³-hybridized carbons (Fsp3) is 0.407. The van der Waals surface area contributed by atoms with Crippen LogP contribution in [0.3, 0.4) is 0 Å². The molecule has 1 fully saturated rings. The van der Waals surface area contributed by atoms with Crippen molar-refractivity contribution < 1.29 is 19.1 Å². The van der Waals surface area contributed by atoms with Gasteiger partial charge < -0.3 is 24.3 Å². The number of aryl methyl sites for hydroxylation is 2. The van der Waals surface area contributed by atoms with E-state index in [0.29, 0.717) is 50.7 Å². The molecule has 5 heterocycles. The maximum atomic E-state index is 13.4. The number of nitrogens with one attached hydrogen (secondary N) is 1. The zero-order valence-corrected chi connectivity index (χ0v) is 21.7. The van der Waals surface area contributed by atoms with Gasteiger partial charge in [0.25, 0.3) is 5.91 Å². The first-order valence-electron chi connectivity index (χ1n) is 13.2. The molecule has 4 aromatic rings. The predicted molar refractivity (Wildman–Crippen MR) is 140 cm³/mol. The number of hydrogen-bond donors (Lipinski definition) is 1. The van der Waals surface area contributed by atoms with Gasteiger partial charge in [-0.3, -0.25) is 9.59 Å². The zero-order chi connectivity index (χ0) is 26.8. The van der Waals surface area contributed by atoms with E-state index in [9.17, 15) is 9.59 Å². The molecule has 2 amide bonds. The molecule has 0 unspecified atom stereocenters. The second-order valence-electron chi connectivity index (χ2n) is 9.67. The Morgan fingerprint density at radius 3 is 2.97 bits per heavy atom. The van der Waals surface area contributed by atoms with Crippen LogP contribution in [0, 0.1) is 0 Å². The van der Waals surface area contributed by atoms with Crippen molar-refractivity contribution in [3.63, 3.8) is 0 Å². The third-order valence-corrected chi connectivity index (χ3v) is 7.13. The number of hydrogen-bond acceptors (Lipinski definition) is 8. The molecule has 2 aliphatic rings. The minimum atomic E-state index is -0.422. The van der Waals surface area contributed by atoms with Gasteiger partial charge in [-0.1, -0.05) is 24.3 Å². The van der Waals surface area contributed by atoms with Crippen LogP contribution in [-0.4, -0.2) is 78.1 Å². The number of carbonyl (C=O) groups excluding carboxylic acids is 2. The third-order valence-electron chi connectivity index (χ3n) is 7.13. The van der Waals surface area contributed by atoms with Crippen molar-refractivity contribution in [1.82, 2.24) is 39.7 Å². The molecule has 1 aromatic carbocycles. The van der Waals surface area contributed by atoms with Crippen LogP contribution in [0.5, 0.6) is 5.75 Å². The summed E-state index contributed by atoms with van der Waals surface area (Å²) < 4.78 is 15.8. The summed E-state index contributed by atoms with van der Waals surface area (Å²) in [6.45, 7) is 4.26. The molecule has 39 heavy (non-hydrogen) atoms. The lowest BCUT2D eigenvalue weighted by Gasteiger charge is -2.20. The maximum Gasteiger partial charge on any atom is 0.274 e. The number of pyridine rings is 1. The Balaban J connectivity index is 1.20. The lowest BCUT2D eigenvalue weighted by Crippen LogP contribution is -2.44. The second-order valence-corrected chi connectivity index (χ2v) is 9.67. The highest BCUT2D eigenvalue weighted by molar-refractivity contribution is 5.95. The summed E-state index contributed by atoms with van der Waals surface area (Å²) in [6, 6.07) is 11.0. The van der Waals surface area contributed by atoms with E-state index in [-0.39, 0.29) is 24.1 Å². The van der Waals surface area contributed by atoms with Crippen LogP contribution in [0.25, 0.3) is 11.0 Å². The molecule has 1 saturated heterocycles. The van der Waals surface area contributed by atoms with Gasteiger partial charge in [0.2, 0.25) is 5.91 Å². The van der Waals surface area contributed by atoms with Crippen LogP contribution in [-0.2, 0) is 35.6 Å². The van der Waals surface area contributed by atoms with Crippen molar-refractivity contribution in [2.75, 3.05) is 19.7 Å². The number of fused-ring (bicyclic) bond motifs is 5. The Morgan fingerprint density at radius 2 is 2.08 bits per heavy atom. The molecule has 2 bridgehead atoms. The Labute approximate surface area is 224 Å². The highest BCUT2D eigenvalue weighted by Gasteiger charge is 2.37. The van der Waals surface area contributed by atoms with E-state index in [2.05, 4.69) is 32.1 Å². The van der Waals surface area contributed by atoms with Gasteiger partial charge in [0.05, 0.1) is 42.5 Å². The van der Waals surface area contributed by atoms with Gasteiger partial charge in [-0.2, -0.15) is 0 Å². The molecule has 0 radical (unpaired) electrons. The molecule has 1 N–H and O–H groups in total. The first-order chi connectivity index (χ1) is 19.1. The van der Waals surface area contributed by atoms with Gasteiger partial charge in [-0.25, -0.2) is 14.6 Å². The minimum Gasteiger partial charge on any atom is -0.489 e. The van der Waals surface area contributed by atoms with Gasteiger partial charge in [0.15, 0.2) is 11.4 Å². The average molecular weight is 531 g/mol. The topological polar surface area (TPSA) is 129 Å². The van der Waals surface area contributed by atoms with Gasteiger partial charge in [0, 0.05) is 38.7 Å². The largest absolute Gasteiger partial charge is 0.489 e. The third kappa shape index (κ3) is 5.19. The number of rotatable bonds is 4. The summed E-state index contributed by atoms with van der Waals surface area (Å²) >= 11 is 0. The van der Waals surface area contributed by atoms with Crippen LogP contribution in [0.2, 0.25) is 0 Å². The number of para-hydroxylation sites is 2. The van der Waals surface area contributed by atoms with Gasteiger partial charge in [-0.15, -0.1) is 5.10 Å². The fourth-order valence-electron chi connectivity index (χ4n) is 5.17. The van der Waals surface area contributed by atoms with Crippen LogP contribution in [0.4, 0.5) is 0 Å². The van der Waals surface area contributed by atoms with E-state index in [1.165, 1.54) is 0 Å². The lowest BCUT2D eigenvalue weighted by atomic mass is 10.2. The SMILES string of the molecule is CCc1nc2ccccc2n1CCC(=O)N1C[C@@H]2NC(=O)c3ncccc3OCCn3cc(nn3)CO[C@H]2C1. The molecular weight excluding hydrogens is 500 g/mol. The Bertz CT molecular complexity index is 1500. The summed E-state index contributed by atoms with van der Waals surface area (Å²) in [5.74, 6) is 0.960. The highest BCUT2D eigenvalue weighted by Crippen LogP contribution is 2.22. The van der Waals surface area contributed by atoms with E-state index in [4.69, 9.17) is 14.5 Å². The van der Waals surface area contributed by atoms with Gasteiger partial charge in [-0.05, 0) is 24.3 Å². The molecule has 3 aromatic heterocycles. The number of ether oxygens (including phenoxy) is 2. The minimum absolute atomic E-state index is 0.00842. The Kier molecular flexibility index (Phi) is 6.93. The molecule has 0 saturated carbocycles. The fourth-order valence-corrected chi connectivity index (χ4v) is 5.17. The number of benzene rings is 1. The van der Waals surface area contributed by atoms with Gasteiger partial charge in [0.1, 0.15) is 18.1 Å². The van der Waals surface area contributed by atoms with E-state index in [1.54, 1.807) is 27.9 Å². The molecule has 0 aliphatic carbocycles. The van der Waals surface area contributed by atoms with Crippen molar-refractivity contribution >= 4 is 22.8 Å². The Hall–Kier alpha value is -4.32. The van der Waals surface area contributed by atoms with E-state index in [0.717, 1.165) is 23.3 Å². The lowest BCUT2D eigenvalue weighted by molar-refractivity contribution is -0.131. The first-order valence-corrected chi connectivity index (χ1v) is 13.2. The summed E-state index contributed by atoms with van der Waals surface area (Å²) in [5.41, 5.74) is 2.81. The molecule has 202 valence electrons. The molecular formula is C27H30N8O4. The molecule has 6 rings (SSSR count). The van der Waals surface area contributed by atoms with E-state index < -0.39 is 12.1 Å². The number of nitrogens with zero attached hydrogens (tertiary/aromatic N) is 7. The molecule has 2 aliphatic heterocycles.